The van der Waals surface area contributed by atoms with Crippen LogP contribution in [0.2, 0.25) is 0 Å². The molecule has 0 fully saturated rings. The minimum Gasteiger partial charge on any atom is -0.348 e. The van der Waals surface area contributed by atoms with Gasteiger partial charge in [-0.3, -0.25) is 0 Å². The van der Waals surface area contributed by atoms with Gasteiger partial charge in [0.25, 0.3) is 0 Å². The number of para-hydroxylation sites is 1. The van der Waals surface area contributed by atoms with Crippen LogP contribution < -0.4 is 4.57 Å². The third-order valence-corrected chi connectivity index (χ3v) is 3.92. The molecule has 2 heteroatoms. The van der Waals surface area contributed by atoms with Crippen LogP contribution in [0.15, 0.2) is 42.7 Å². The van der Waals surface area contributed by atoms with Crippen molar-refractivity contribution >= 4 is 10.9 Å². The third kappa shape index (κ3) is 1.84. The molecule has 2 heterocycles. The van der Waals surface area contributed by atoms with E-state index < -0.39 is 0 Å². The number of nitrogens with zero attached hydrogens (tertiary/aromatic N) is 2. The molecule has 0 saturated carbocycles. The predicted molar refractivity (Wildman–Crippen MR) is 78.7 cm³/mol. The molecule has 19 heavy (non-hydrogen) atoms. The second-order valence-corrected chi connectivity index (χ2v) is 5.28. The number of pyridine rings is 1. The lowest BCUT2D eigenvalue weighted by Gasteiger charge is -2.04. The zero-order valence-electron chi connectivity index (χ0n) is 11.9. The van der Waals surface area contributed by atoms with Crippen molar-refractivity contribution in [2.75, 3.05) is 0 Å². The van der Waals surface area contributed by atoms with Crippen LogP contribution in [0.25, 0.3) is 16.6 Å². The smallest absolute Gasteiger partial charge is 0.216 e. The van der Waals surface area contributed by atoms with Crippen LogP contribution in [0.1, 0.15) is 16.8 Å². The average molecular weight is 251 g/mol. The molecule has 0 amide bonds. The van der Waals surface area contributed by atoms with E-state index in [-0.39, 0.29) is 0 Å². The van der Waals surface area contributed by atoms with Crippen LogP contribution in [0.3, 0.4) is 0 Å². The molecule has 0 aliphatic rings. The topological polar surface area (TPSA) is 8.81 Å². The minimum atomic E-state index is 1.28. The van der Waals surface area contributed by atoms with Crippen molar-refractivity contribution in [3.05, 3.63) is 59.5 Å². The highest BCUT2D eigenvalue weighted by atomic mass is 15.0. The fourth-order valence-corrected chi connectivity index (χ4v) is 2.79. The molecular weight excluding hydrogens is 232 g/mol. The summed E-state index contributed by atoms with van der Waals surface area (Å²) in [6.45, 7) is 6.47. The molecule has 3 aromatic rings. The van der Waals surface area contributed by atoms with Crippen molar-refractivity contribution in [3.63, 3.8) is 0 Å². The molecule has 0 N–H and O–H groups in total. The summed E-state index contributed by atoms with van der Waals surface area (Å²) in [4.78, 5) is 0. The van der Waals surface area contributed by atoms with Crippen molar-refractivity contribution in [3.8, 4) is 5.69 Å². The normalized spacial score (nSPS) is 11.2. The zero-order chi connectivity index (χ0) is 13.6. The van der Waals surface area contributed by atoms with Gasteiger partial charge in [-0.1, -0.05) is 18.2 Å². The Morgan fingerprint density at radius 3 is 2.37 bits per heavy atom. The van der Waals surface area contributed by atoms with Crippen molar-refractivity contribution in [2.24, 2.45) is 7.05 Å². The Kier molecular flexibility index (Phi) is 2.67. The first-order chi connectivity index (χ1) is 9.08. The number of benzene rings is 1. The van der Waals surface area contributed by atoms with E-state index in [0.717, 1.165) is 0 Å². The number of aromatic nitrogens is 2. The molecule has 0 bridgehead atoms. The monoisotopic (exact) mass is 251 g/mol. The standard InChI is InChI=1S/C17H19N2/c1-12-6-5-7-13(2)17(12)19-9-8-16-15(11-19)10-14(3)18(16)4/h5-11H,1-4H3/q+1. The summed E-state index contributed by atoms with van der Waals surface area (Å²) in [6, 6.07) is 10.9. The van der Waals surface area contributed by atoms with E-state index >= 15 is 0 Å². The first-order valence-corrected chi connectivity index (χ1v) is 6.62. The van der Waals surface area contributed by atoms with E-state index in [2.05, 4.69) is 79.7 Å². The number of rotatable bonds is 1. The van der Waals surface area contributed by atoms with Crippen molar-refractivity contribution in [2.45, 2.75) is 20.8 Å². The molecule has 3 rings (SSSR count). The first-order valence-electron chi connectivity index (χ1n) is 6.62. The summed E-state index contributed by atoms with van der Waals surface area (Å²) in [5.74, 6) is 0. The molecule has 0 atom stereocenters. The molecule has 0 aliphatic carbocycles. The SMILES string of the molecule is Cc1cccc(C)c1-[n+]1ccc2c(cc(C)n2C)c1. The maximum absolute atomic E-state index is 2.24. The lowest BCUT2D eigenvalue weighted by molar-refractivity contribution is -0.595. The highest BCUT2D eigenvalue weighted by Gasteiger charge is 2.14. The van der Waals surface area contributed by atoms with Crippen LogP contribution in [-0.2, 0) is 7.05 Å². The molecule has 0 aliphatic heterocycles. The van der Waals surface area contributed by atoms with Crippen molar-refractivity contribution in [1.82, 2.24) is 4.57 Å². The molecule has 1 aromatic carbocycles. The van der Waals surface area contributed by atoms with Gasteiger partial charge in [-0.05, 0) is 26.8 Å². The van der Waals surface area contributed by atoms with Gasteiger partial charge < -0.3 is 4.57 Å². The van der Waals surface area contributed by atoms with Crippen LogP contribution in [0.5, 0.6) is 0 Å². The maximum atomic E-state index is 2.24. The lowest BCUT2D eigenvalue weighted by Crippen LogP contribution is -2.31. The van der Waals surface area contributed by atoms with Crippen LogP contribution >= 0.6 is 0 Å². The van der Waals surface area contributed by atoms with E-state index in [9.17, 15) is 0 Å². The summed E-state index contributed by atoms with van der Waals surface area (Å²) >= 11 is 0. The first kappa shape index (κ1) is 12.0. The second kappa shape index (κ2) is 4.23. The van der Waals surface area contributed by atoms with E-state index in [1.165, 1.54) is 33.4 Å². The largest absolute Gasteiger partial charge is 0.348 e. The Labute approximate surface area is 113 Å². The molecule has 0 unspecified atom stereocenters. The van der Waals surface area contributed by atoms with Crippen molar-refractivity contribution in [1.29, 1.82) is 0 Å². The number of aryl methyl sites for hydroxylation is 4. The third-order valence-electron chi connectivity index (χ3n) is 3.92. The van der Waals surface area contributed by atoms with Gasteiger partial charge in [-0.25, -0.2) is 0 Å². The summed E-state index contributed by atoms with van der Waals surface area (Å²) < 4.78 is 4.46. The Morgan fingerprint density at radius 1 is 1.00 bits per heavy atom. The van der Waals surface area contributed by atoms with E-state index in [0.29, 0.717) is 0 Å². The van der Waals surface area contributed by atoms with Gasteiger partial charge in [0.15, 0.2) is 12.4 Å². The lowest BCUT2D eigenvalue weighted by atomic mass is 10.1. The van der Waals surface area contributed by atoms with Crippen LogP contribution in [0.4, 0.5) is 0 Å². The van der Waals surface area contributed by atoms with E-state index in [1.54, 1.807) is 0 Å². The maximum Gasteiger partial charge on any atom is 0.216 e. The number of hydrogen-bond acceptors (Lipinski definition) is 0. The summed E-state index contributed by atoms with van der Waals surface area (Å²) in [5, 5.41) is 1.28. The highest BCUT2D eigenvalue weighted by molar-refractivity contribution is 5.79. The zero-order valence-corrected chi connectivity index (χ0v) is 11.9. The van der Waals surface area contributed by atoms with Crippen molar-refractivity contribution < 1.29 is 4.57 Å². The Morgan fingerprint density at radius 2 is 1.68 bits per heavy atom. The fourth-order valence-electron chi connectivity index (χ4n) is 2.79. The Balaban J connectivity index is 2.26. The molecule has 96 valence electrons. The van der Waals surface area contributed by atoms with Crippen LogP contribution in [-0.4, -0.2) is 4.57 Å². The second-order valence-electron chi connectivity index (χ2n) is 5.28. The summed E-state index contributed by atoms with van der Waals surface area (Å²) in [5.41, 5.74) is 6.45. The summed E-state index contributed by atoms with van der Waals surface area (Å²) in [6.07, 6.45) is 4.37. The van der Waals surface area contributed by atoms with E-state index in [1.807, 2.05) is 0 Å². The molecule has 0 saturated heterocycles. The minimum absolute atomic E-state index is 1.28. The van der Waals surface area contributed by atoms with Gasteiger partial charge in [0.1, 0.15) is 0 Å². The predicted octanol–water partition coefficient (Wildman–Crippen LogP) is 3.38. The van der Waals surface area contributed by atoms with Gasteiger partial charge in [0.2, 0.25) is 5.69 Å². The Hall–Kier alpha value is -2.09. The van der Waals surface area contributed by atoms with Gasteiger partial charge in [-0.2, -0.15) is 4.57 Å². The van der Waals surface area contributed by atoms with Gasteiger partial charge >= 0.3 is 0 Å². The van der Waals surface area contributed by atoms with Crippen LogP contribution in [0, 0.1) is 20.8 Å². The Bertz CT molecular complexity index is 746. The molecule has 0 radical (unpaired) electrons. The van der Waals surface area contributed by atoms with E-state index in [4.69, 9.17) is 0 Å². The number of hydrogen-bond donors (Lipinski definition) is 0. The highest BCUT2D eigenvalue weighted by Crippen LogP contribution is 2.18. The average Bonchev–Trinajstić information content (AvgIpc) is 2.65. The molecular formula is C17H19N2+. The fraction of sp³-hybridized carbons (Fsp3) is 0.235. The van der Waals surface area contributed by atoms with Gasteiger partial charge in [0, 0.05) is 29.9 Å². The quantitative estimate of drug-likeness (QED) is 0.586. The molecule has 2 nitrogen and oxygen atoms in total. The van der Waals surface area contributed by atoms with Gasteiger partial charge in [0.05, 0.1) is 10.9 Å². The molecule has 0 spiro atoms. The number of fused-ring (bicyclic) bond motifs is 1. The summed E-state index contributed by atoms with van der Waals surface area (Å²) in [7, 11) is 2.11. The molecule has 2 aromatic heterocycles. The van der Waals surface area contributed by atoms with Gasteiger partial charge in [-0.15, -0.1) is 0 Å².